The monoisotopic (exact) mass is 268 g/mol. The van der Waals surface area contributed by atoms with Crippen LogP contribution in [0.25, 0.3) is 0 Å². The van der Waals surface area contributed by atoms with Crippen LogP contribution in [-0.4, -0.2) is 16.0 Å². The molecule has 0 radical (unpaired) electrons. The standard InChI is InChI=1S/C8H13IO2/c1-7(10)5-4-6-11-8(2,3)9/h4-5H,6H2,1-3H3/b5-4+. The predicted octanol–water partition coefficient (Wildman–Crippen LogP) is 2.32. The van der Waals surface area contributed by atoms with Crippen LogP contribution < -0.4 is 0 Å². The van der Waals surface area contributed by atoms with Crippen molar-refractivity contribution in [3.05, 3.63) is 12.2 Å². The van der Waals surface area contributed by atoms with E-state index in [9.17, 15) is 4.79 Å². The van der Waals surface area contributed by atoms with E-state index in [-0.39, 0.29) is 9.39 Å². The second-order valence-electron chi connectivity index (χ2n) is 2.69. The molecule has 0 atom stereocenters. The highest BCUT2D eigenvalue weighted by Crippen LogP contribution is 2.17. The van der Waals surface area contributed by atoms with Gasteiger partial charge < -0.3 is 4.74 Å². The van der Waals surface area contributed by atoms with Gasteiger partial charge in [0, 0.05) is 0 Å². The third kappa shape index (κ3) is 10.1. The van der Waals surface area contributed by atoms with Gasteiger partial charge in [-0.1, -0.05) is 6.08 Å². The molecule has 0 saturated carbocycles. The van der Waals surface area contributed by atoms with E-state index in [1.807, 2.05) is 13.8 Å². The Hall–Kier alpha value is 0.1000. The van der Waals surface area contributed by atoms with Crippen molar-refractivity contribution in [1.29, 1.82) is 0 Å². The molecule has 0 heterocycles. The maximum atomic E-state index is 10.4. The highest BCUT2D eigenvalue weighted by atomic mass is 127. The highest BCUT2D eigenvalue weighted by molar-refractivity contribution is 14.1. The van der Waals surface area contributed by atoms with E-state index >= 15 is 0 Å². The van der Waals surface area contributed by atoms with Crippen LogP contribution in [0.2, 0.25) is 0 Å². The van der Waals surface area contributed by atoms with E-state index in [0.717, 1.165) is 0 Å². The summed E-state index contributed by atoms with van der Waals surface area (Å²) in [5.74, 6) is 0.0554. The first kappa shape index (κ1) is 11.1. The number of hydrogen-bond acceptors (Lipinski definition) is 2. The van der Waals surface area contributed by atoms with Crippen LogP contribution in [0.3, 0.4) is 0 Å². The molecule has 3 heteroatoms. The summed E-state index contributed by atoms with van der Waals surface area (Å²) in [4.78, 5) is 10.4. The number of carbonyl (C=O) groups excluding carboxylic acids is 1. The highest BCUT2D eigenvalue weighted by Gasteiger charge is 2.10. The van der Waals surface area contributed by atoms with Gasteiger partial charge in [-0.25, -0.2) is 0 Å². The maximum Gasteiger partial charge on any atom is 0.152 e. The number of allylic oxidation sites excluding steroid dienone is 1. The van der Waals surface area contributed by atoms with Crippen molar-refractivity contribution in [2.24, 2.45) is 0 Å². The smallest absolute Gasteiger partial charge is 0.152 e. The maximum absolute atomic E-state index is 10.4. The van der Waals surface area contributed by atoms with Crippen LogP contribution in [0.15, 0.2) is 12.2 Å². The van der Waals surface area contributed by atoms with E-state index < -0.39 is 0 Å². The molecule has 0 aromatic heterocycles. The molecule has 0 N–H and O–H groups in total. The normalized spacial score (nSPS) is 12.4. The molecule has 0 unspecified atom stereocenters. The quantitative estimate of drug-likeness (QED) is 0.444. The lowest BCUT2D eigenvalue weighted by Gasteiger charge is -2.15. The third-order valence-corrected chi connectivity index (χ3v) is 1.19. The van der Waals surface area contributed by atoms with Gasteiger partial charge in [-0.15, -0.1) is 0 Å². The van der Waals surface area contributed by atoms with Crippen LogP contribution in [0, 0.1) is 0 Å². The van der Waals surface area contributed by atoms with Gasteiger partial charge in [-0.05, 0) is 49.4 Å². The van der Waals surface area contributed by atoms with Crippen LogP contribution >= 0.6 is 22.6 Å². The molecular formula is C8H13IO2. The number of ether oxygens (including phenoxy) is 1. The number of ketones is 1. The lowest BCUT2D eigenvalue weighted by Crippen LogP contribution is -2.14. The Bertz CT molecular complexity index is 156. The SMILES string of the molecule is CC(=O)/C=C/COC(C)(C)I. The van der Waals surface area contributed by atoms with Crippen molar-refractivity contribution in [2.45, 2.75) is 24.4 Å². The number of alkyl halides is 1. The van der Waals surface area contributed by atoms with Crippen molar-refractivity contribution >= 4 is 28.4 Å². The zero-order valence-electron chi connectivity index (χ0n) is 7.06. The van der Waals surface area contributed by atoms with Crippen molar-refractivity contribution in [3.8, 4) is 0 Å². The molecule has 0 saturated heterocycles. The fourth-order valence-electron chi connectivity index (χ4n) is 0.460. The van der Waals surface area contributed by atoms with Crippen molar-refractivity contribution in [3.63, 3.8) is 0 Å². The zero-order chi connectivity index (χ0) is 8.91. The summed E-state index contributed by atoms with van der Waals surface area (Å²) < 4.78 is 5.17. The largest absolute Gasteiger partial charge is 0.361 e. The minimum absolute atomic E-state index is 0.0554. The minimum atomic E-state index is -0.154. The predicted molar refractivity (Wildman–Crippen MR) is 53.9 cm³/mol. The van der Waals surface area contributed by atoms with Gasteiger partial charge in [-0.3, -0.25) is 4.79 Å². The van der Waals surface area contributed by atoms with Gasteiger partial charge in [0.1, 0.15) is 3.61 Å². The summed E-state index contributed by atoms with van der Waals surface area (Å²) in [6.45, 7) is 5.95. The number of carbonyl (C=O) groups is 1. The van der Waals surface area contributed by atoms with Gasteiger partial charge in [0.05, 0.1) is 6.61 Å². The number of halogens is 1. The van der Waals surface area contributed by atoms with E-state index in [0.29, 0.717) is 6.61 Å². The van der Waals surface area contributed by atoms with E-state index in [1.165, 1.54) is 13.0 Å². The first-order valence-corrected chi connectivity index (χ1v) is 4.49. The summed E-state index contributed by atoms with van der Waals surface area (Å²) in [5, 5.41) is 0. The fraction of sp³-hybridized carbons (Fsp3) is 0.625. The molecule has 0 aromatic carbocycles. The Morgan fingerprint density at radius 1 is 1.64 bits per heavy atom. The third-order valence-electron chi connectivity index (χ3n) is 0.875. The summed E-state index contributed by atoms with van der Waals surface area (Å²) in [6.07, 6.45) is 3.24. The summed E-state index contributed by atoms with van der Waals surface area (Å²) in [5.41, 5.74) is 0. The Balaban J connectivity index is 3.50. The Kier molecular flexibility index (Phi) is 4.92. The van der Waals surface area contributed by atoms with E-state index in [2.05, 4.69) is 22.6 Å². The molecule has 64 valence electrons. The lowest BCUT2D eigenvalue weighted by molar-refractivity contribution is -0.112. The Labute approximate surface area is 81.1 Å². The summed E-state index contributed by atoms with van der Waals surface area (Å²) in [6, 6.07) is 0. The number of rotatable bonds is 4. The summed E-state index contributed by atoms with van der Waals surface area (Å²) in [7, 11) is 0. The Morgan fingerprint density at radius 2 is 2.18 bits per heavy atom. The van der Waals surface area contributed by atoms with Crippen molar-refractivity contribution in [1.82, 2.24) is 0 Å². The fourth-order valence-corrected chi connectivity index (χ4v) is 0.640. The molecule has 0 fully saturated rings. The minimum Gasteiger partial charge on any atom is -0.361 e. The molecule has 0 spiro atoms. The lowest BCUT2D eigenvalue weighted by atomic mass is 10.4. The molecule has 0 rings (SSSR count). The molecule has 0 aromatic rings. The first-order valence-electron chi connectivity index (χ1n) is 3.42. The molecule has 0 amide bonds. The molecular weight excluding hydrogens is 255 g/mol. The van der Waals surface area contributed by atoms with Crippen LogP contribution in [0.4, 0.5) is 0 Å². The average Bonchev–Trinajstić information content (AvgIpc) is 1.78. The van der Waals surface area contributed by atoms with E-state index in [4.69, 9.17) is 4.74 Å². The van der Waals surface area contributed by atoms with Gasteiger partial charge in [0.2, 0.25) is 0 Å². The second kappa shape index (κ2) is 4.87. The molecule has 0 bridgehead atoms. The van der Waals surface area contributed by atoms with Gasteiger partial charge in [0.25, 0.3) is 0 Å². The number of hydrogen-bond donors (Lipinski definition) is 0. The van der Waals surface area contributed by atoms with Gasteiger partial charge >= 0.3 is 0 Å². The van der Waals surface area contributed by atoms with Crippen LogP contribution in [0.5, 0.6) is 0 Å². The second-order valence-corrected chi connectivity index (χ2v) is 5.29. The summed E-state index contributed by atoms with van der Waals surface area (Å²) >= 11 is 2.19. The van der Waals surface area contributed by atoms with Crippen LogP contribution in [-0.2, 0) is 9.53 Å². The Morgan fingerprint density at radius 3 is 2.55 bits per heavy atom. The van der Waals surface area contributed by atoms with Crippen LogP contribution in [0.1, 0.15) is 20.8 Å². The van der Waals surface area contributed by atoms with Crippen molar-refractivity contribution in [2.75, 3.05) is 6.61 Å². The molecule has 0 aliphatic rings. The van der Waals surface area contributed by atoms with Gasteiger partial charge in [0.15, 0.2) is 5.78 Å². The van der Waals surface area contributed by atoms with Gasteiger partial charge in [-0.2, -0.15) is 0 Å². The molecule has 11 heavy (non-hydrogen) atoms. The zero-order valence-corrected chi connectivity index (χ0v) is 9.21. The van der Waals surface area contributed by atoms with E-state index in [1.54, 1.807) is 6.08 Å². The molecule has 2 nitrogen and oxygen atoms in total. The molecule has 0 aliphatic heterocycles. The first-order chi connectivity index (χ1) is 4.92. The topological polar surface area (TPSA) is 26.3 Å². The molecule has 0 aliphatic carbocycles. The van der Waals surface area contributed by atoms with Crippen molar-refractivity contribution < 1.29 is 9.53 Å². The average molecular weight is 268 g/mol.